The predicted molar refractivity (Wildman–Crippen MR) is 160 cm³/mol. The lowest BCUT2D eigenvalue weighted by molar-refractivity contribution is 0.0884. The van der Waals surface area contributed by atoms with Gasteiger partial charge in [-0.05, 0) is 63.3 Å². The molecule has 2 fully saturated rings. The molecule has 0 bridgehead atoms. The molecule has 1 saturated heterocycles. The fraction of sp³-hybridized carbons (Fsp3) is 0.467. The predicted octanol–water partition coefficient (Wildman–Crippen LogP) is 2.98. The Kier molecular flexibility index (Phi) is 9.35. The van der Waals surface area contributed by atoms with Crippen molar-refractivity contribution >= 4 is 23.3 Å². The summed E-state index contributed by atoms with van der Waals surface area (Å²) in [7, 11) is 1.82. The van der Waals surface area contributed by atoms with Gasteiger partial charge in [-0.3, -0.25) is 24.0 Å². The van der Waals surface area contributed by atoms with E-state index in [9.17, 15) is 23.2 Å². The number of nitrogens with zero attached hydrogens (tertiary/aromatic N) is 7. The van der Waals surface area contributed by atoms with Crippen LogP contribution in [0.4, 0.5) is 14.6 Å². The first-order valence-electron chi connectivity index (χ1n) is 14.8. The Morgan fingerprint density at radius 2 is 1.84 bits per heavy atom. The van der Waals surface area contributed by atoms with Crippen LogP contribution in [0.3, 0.4) is 0 Å². The maximum atomic E-state index is 13.2. The van der Waals surface area contributed by atoms with Crippen molar-refractivity contribution < 1.29 is 18.4 Å². The van der Waals surface area contributed by atoms with E-state index in [0.717, 1.165) is 12.8 Å². The van der Waals surface area contributed by atoms with Gasteiger partial charge < -0.3 is 15.5 Å². The Morgan fingerprint density at radius 3 is 2.45 bits per heavy atom. The van der Waals surface area contributed by atoms with Gasteiger partial charge in [0.2, 0.25) is 0 Å². The van der Waals surface area contributed by atoms with E-state index in [1.165, 1.54) is 17.1 Å². The van der Waals surface area contributed by atoms with Crippen LogP contribution < -0.4 is 21.1 Å². The summed E-state index contributed by atoms with van der Waals surface area (Å²) in [5, 5.41) is 9.67. The summed E-state index contributed by atoms with van der Waals surface area (Å²) in [5.74, 6) is -0.0611. The summed E-state index contributed by atoms with van der Waals surface area (Å²) in [4.78, 5) is 48.6. The number of carbonyl (C=O) groups is 2. The number of pyridine rings is 1. The smallest absolute Gasteiger partial charge is 0.280 e. The molecule has 2 amide bonds. The molecule has 5 heterocycles. The van der Waals surface area contributed by atoms with Gasteiger partial charge in [-0.25, -0.2) is 23.0 Å². The third-order valence-corrected chi connectivity index (χ3v) is 8.45. The second-order valence-electron chi connectivity index (χ2n) is 11.2. The molecule has 12 nitrogen and oxygen atoms in total. The SMILES string of the molecule is Cc1c(C(=O)N[C@H]2CCN(c3ccc4ncc(C(=O)NCC(F)F)n4n3)C2)c(=O)n(C(C)C2CCC2)n1C.c1ccncc1. The highest BCUT2D eigenvalue weighted by Crippen LogP contribution is 2.35. The highest BCUT2D eigenvalue weighted by atomic mass is 19.3. The Balaban J connectivity index is 0.000000573. The molecule has 1 aliphatic heterocycles. The van der Waals surface area contributed by atoms with Gasteiger partial charge in [-0.1, -0.05) is 12.5 Å². The zero-order chi connectivity index (χ0) is 31.4. The van der Waals surface area contributed by atoms with Crippen molar-refractivity contribution in [1.29, 1.82) is 0 Å². The topological polar surface area (TPSA) is 131 Å². The van der Waals surface area contributed by atoms with Crippen LogP contribution in [0.1, 0.15) is 65.2 Å². The van der Waals surface area contributed by atoms with Crippen molar-refractivity contribution in [3.8, 4) is 0 Å². The molecular weight excluding hydrogens is 572 g/mol. The molecule has 4 aromatic rings. The van der Waals surface area contributed by atoms with E-state index in [0.29, 0.717) is 42.6 Å². The monoisotopic (exact) mass is 609 g/mol. The number of hydrogen-bond donors (Lipinski definition) is 2. The molecule has 44 heavy (non-hydrogen) atoms. The molecule has 1 unspecified atom stereocenters. The van der Waals surface area contributed by atoms with Gasteiger partial charge in [-0.15, -0.1) is 5.10 Å². The van der Waals surface area contributed by atoms with E-state index < -0.39 is 18.9 Å². The molecule has 0 spiro atoms. The Morgan fingerprint density at radius 1 is 1.09 bits per heavy atom. The molecule has 234 valence electrons. The summed E-state index contributed by atoms with van der Waals surface area (Å²) in [6.07, 6.45) is 6.15. The molecule has 4 aromatic heterocycles. The van der Waals surface area contributed by atoms with Crippen LogP contribution in [0.5, 0.6) is 0 Å². The zero-order valence-corrected chi connectivity index (χ0v) is 25.0. The number of anilines is 1. The number of halogens is 2. The van der Waals surface area contributed by atoms with E-state index in [1.807, 2.05) is 37.1 Å². The van der Waals surface area contributed by atoms with Gasteiger partial charge >= 0.3 is 0 Å². The van der Waals surface area contributed by atoms with Gasteiger partial charge in [0.1, 0.15) is 11.4 Å². The first kappa shape index (κ1) is 30.8. The number of aromatic nitrogens is 6. The van der Waals surface area contributed by atoms with Crippen LogP contribution in [0.25, 0.3) is 5.65 Å². The minimum atomic E-state index is -2.66. The third kappa shape index (κ3) is 6.48. The molecule has 2 N–H and O–H groups in total. The van der Waals surface area contributed by atoms with Gasteiger partial charge in [0, 0.05) is 44.3 Å². The van der Waals surface area contributed by atoms with E-state index in [-0.39, 0.29) is 34.8 Å². The first-order chi connectivity index (χ1) is 21.2. The molecular formula is C30H37F2N9O3. The summed E-state index contributed by atoms with van der Waals surface area (Å²) in [5.41, 5.74) is 1.01. The standard InChI is InChI=1S/C25H32F2N8O3.C5H5N/c1-14(16-5-4-6-16)35-25(38)22(15(2)32(35)3)24(37)30-17-9-10-33(13-17)21-8-7-20-28-11-18(34(20)31-21)23(36)29-12-19(26)27;1-2-4-6-5-3-1/h7-8,11,14,16-17,19H,4-6,9-10,12-13H2,1-3H3,(H,29,36)(H,30,37);1-5H/t14?,17-;/m0./s1. The van der Waals surface area contributed by atoms with Crippen molar-refractivity contribution in [3.63, 3.8) is 0 Å². The van der Waals surface area contributed by atoms with Crippen LogP contribution in [-0.4, -0.2) is 72.9 Å². The van der Waals surface area contributed by atoms with Crippen LogP contribution in [0, 0.1) is 12.8 Å². The molecule has 0 aromatic carbocycles. The molecule has 0 radical (unpaired) electrons. The number of alkyl halides is 2. The van der Waals surface area contributed by atoms with Crippen LogP contribution in [-0.2, 0) is 7.05 Å². The second kappa shape index (κ2) is 13.3. The Hall–Kier alpha value is -4.62. The van der Waals surface area contributed by atoms with Crippen molar-refractivity contribution in [1.82, 2.24) is 39.6 Å². The lowest BCUT2D eigenvalue weighted by Crippen LogP contribution is -2.40. The van der Waals surface area contributed by atoms with E-state index >= 15 is 0 Å². The first-order valence-corrected chi connectivity index (χ1v) is 14.8. The number of carbonyl (C=O) groups excluding carboxylic acids is 2. The Bertz CT molecular complexity index is 1640. The number of nitrogens with one attached hydrogen (secondary N) is 2. The molecule has 14 heteroatoms. The van der Waals surface area contributed by atoms with E-state index in [2.05, 4.69) is 25.7 Å². The van der Waals surface area contributed by atoms with Crippen molar-refractivity contribution in [2.45, 2.75) is 58.0 Å². The van der Waals surface area contributed by atoms with Crippen LogP contribution >= 0.6 is 0 Å². The second-order valence-corrected chi connectivity index (χ2v) is 11.2. The lowest BCUT2D eigenvalue weighted by atomic mass is 9.80. The molecule has 1 saturated carbocycles. The van der Waals surface area contributed by atoms with Gasteiger partial charge in [-0.2, -0.15) is 0 Å². The summed E-state index contributed by atoms with van der Waals surface area (Å²) in [6.45, 7) is 4.14. The van der Waals surface area contributed by atoms with Crippen molar-refractivity contribution in [2.75, 3.05) is 24.5 Å². The summed E-state index contributed by atoms with van der Waals surface area (Å²) in [6, 6.07) is 9.00. The number of hydrogen-bond acceptors (Lipinski definition) is 7. The van der Waals surface area contributed by atoms with Crippen LogP contribution in [0.15, 0.2) is 53.7 Å². The Labute approximate surface area is 253 Å². The van der Waals surface area contributed by atoms with Gasteiger partial charge in [0.05, 0.1) is 18.8 Å². The summed E-state index contributed by atoms with van der Waals surface area (Å²) >= 11 is 0. The minimum Gasteiger partial charge on any atom is -0.353 e. The van der Waals surface area contributed by atoms with Crippen molar-refractivity contribution in [2.24, 2.45) is 13.0 Å². The molecule has 2 atom stereocenters. The van der Waals surface area contributed by atoms with E-state index in [4.69, 9.17) is 0 Å². The van der Waals surface area contributed by atoms with E-state index in [1.54, 1.807) is 40.8 Å². The quantitative estimate of drug-likeness (QED) is 0.314. The molecule has 1 aliphatic carbocycles. The molecule has 2 aliphatic rings. The maximum absolute atomic E-state index is 13.2. The summed E-state index contributed by atoms with van der Waals surface area (Å²) < 4.78 is 29.8. The highest BCUT2D eigenvalue weighted by Gasteiger charge is 2.32. The largest absolute Gasteiger partial charge is 0.353 e. The zero-order valence-electron chi connectivity index (χ0n) is 25.0. The fourth-order valence-electron chi connectivity index (χ4n) is 5.67. The normalized spacial score (nSPS) is 17.2. The average Bonchev–Trinajstić information content (AvgIpc) is 3.68. The average molecular weight is 610 g/mol. The fourth-order valence-corrected chi connectivity index (χ4v) is 5.67. The number of rotatable bonds is 8. The van der Waals surface area contributed by atoms with Gasteiger partial charge in [0.25, 0.3) is 23.8 Å². The maximum Gasteiger partial charge on any atom is 0.280 e. The number of amides is 2. The van der Waals surface area contributed by atoms with Crippen molar-refractivity contribution in [3.05, 3.63) is 76.2 Å². The number of fused-ring (bicyclic) bond motifs is 1. The van der Waals surface area contributed by atoms with Crippen LogP contribution in [0.2, 0.25) is 0 Å². The third-order valence-electron chi connectivity index (χ3n) is 8.45. The number of imidazole rings is 1. The lowest BCUT2D eigenvalue weighted by Gasteiger charge is -2.32. The minimum absolute atomic E-state index is 0.0370. The molecule has 6 rings (SSSR count). The highest BCUT2D eigenvalue weighted by molar-refractivity contribution is 5.95. The van der Waals surface area contributed by atoms with Gasteiger partial charge in [0.15, 0.2) is 11.3 Å².